The first-order valence-electron chi connectivity index (χ1n) is 7.95. The molecule has 1 heterocycles. The van der Waals surface area contributed by atoms with Crippen molar-refractivity contribution in [3.05, 3.63) is 84.2 Å². The van der Waals surface area contributed by atoms with Crippen molar-refractivity contribution in [2.45, 2.75) is 12.8 Å². The second-order valence-corrected chi connectivity index (χ2v) is 5.50. The van der Waals surface area contributed by atoms with Crippen LogP contribution in [0.1, 0.15) is 22.3 Å². The van der Waals surface area contributed by atoms with E-state index in [-0.39, 0.29) is 18.2 Å². The zero-order valence-corrected chi connectivity index (χ0v) is 13.6. The fraction of sp³-hybridized carbons (Fsp3) is 0.105. The zero-order valence-electron chi connectivity index (χ0n) is 13.6. The van der Waals surface area contributed by atoms with E-state index in [1.165, 1.54) is 0 Å². The minimum Gasteiger partial charge on any atom is -0.273 e. The summed E-state index contributed by atoms with van der Waals surface area (Å²) in [6, 6.07) is 18.5. The monoisotopic (exact) mass is 334 g/mol. The molecule has 0 aliphatic heterocycles. The molecule has 0 spiro atoms. The number of hydrogen-bond donors (Lipinski definition) is 2. The number of carbonyl (C=O) groups excluding carboxylic acids is 2. The molecule has 6 nitrogen and oxygen atoms in total. The SMILES string of the molecule is O=C(CCc1cnn(-c2ccccc2)c1)NNC(=O)c1ccccc1. The quantitative estimate of drug-likeness (QED) is 0.703. The van der Waals surface area contributed by atoms with E-state index in [1.54, 1.807) is 35.1 Å². The highest BCUT2D eigenvalue weighted by molar-refractivity contribution is 5.95. The summed E-state index contributed by atoms with van der Waals surface area (Å²) in [5, 5.41) is 4.29. The number of carbonyl (C=O) groups is 2. The Hall–Kier alpha value is -3.41. The van der Waals surface area contributed by atoms with Gasteiger partial charge in [-0.25, -0.2) is 4.68 Å². The molecular formula is C19H18N4O2. The third-order valence-electron chi connectivity index (χ3n) is 3.65. The van der Waals surface area contributed by atoms with Crippen LogP contribution in [0.4, 0.5) is 0 Å². The highest BCUT2D eigenvalue weighted by atomic mass is 16.2. The first kappa shape index (κ1) is 16.4. The van der Waals surface area contributed by atoms with Gasteiger partial charge >= 0.3 is 0 Å². The van der Waals surface area contributed by atoms with E-state index in [0.717, 1.165) is 11.3 Å². The molecule has 25 heavy (non-hydrogen) atoms. The fourth-order valence-electron chi connectivity index (χ4n) is 2.32. The van der Waals surface area contributed by atoms with Gasteiger partial charge in [0.25, 0.3) is 5.91 Å². The average Bonchev–Trinajstić information content (AvgIpc) is 3.15. The van der Waals surface area contributed by atoms with Crippen molar-refractivity contribution >= 4 is 11.8 Å². The van der Waals surface area contributed by atoms with E-state index in [9.17, 15) is 9.59 Å². The molecule has 0 radical (unpaired) electrons. The number of aryl methyl sites for hydroxylation is 1. The Balaban J connectivity index is 1.47. The molecule has 0 saturated heterocycles. The Morgan fingerprint density at radius 3 is 2.32 bits per heavy atom. The van der Waals surface area contributed by atoms with E-state index in [4.69, 9.17) is 0 Å². The number of benzene rings is 2. The lowest BCUT2D eigenvalue weighted by molar-refractivity contribution is -0.121. The van der Waals surface area contributed by atoms with Crippen LogP contribution in [0.15, 0.2) is 73.1 Å². The lowest BCUT2D eigenvalue weighted by Crippen LogP contribution is -2.41. The van der Waals surface area contributed by atoms with Gasteiger partial charge in [-0.15, -0.1) is 0 Å². The van der Waals surface area contributed by atoms with E-state index in [1.807, 2.05) is 42.6 Å². The topological polar surface area (TPSA) is 76.0 Å². The molecule has 2 amide bonds. The van der Waals surface area contributed by atoms with Gasteiger partial charge in [-0.3, -0.25) is 20.4 Å². The lowest BCUT2D eigenvalue weighted by Gasteiger charge is -2.06. The van der Waals surface area contributed by atoms with Crippen molar-refractivity contribution < 1.29 is 9.59 Å². The zero-order chi connectivity index (χ0) is 17.5. The number of hydrazine groups is 1. The van der Waals surface area contributed by atoms with Crippen LogP contribution < -0.4 is 10.9 Å². The van der Waals surface area contributed by atoms with Gasteiger partial charge in [0.2, 0.25) is 5.91 Å². The van der Waals surface area contributed by atoms with E-state index in [2.05, 4.69) is 16.0 Å². The Bertz CT molecular complexity index is 844. The minimum absolute atomic E-state index is 0.253. The van der Waals surface area contributed by atoms with Gasteiger partial charge in [-0.2, -0.15) is 5.10 Å². The van der Waals surface area contributed by atoms with Crippen molar-refractivity contribution in [3.8, 4) is 5.69 Å². The van der Waals surface area contributed by atoms with Crippen LogP contribution in [0.2, 0.25) is 0 Å². The van der Waals surface area contributed by atoms with Crippen molar-refractivity contribution in [1.29, 1.82) is 0 Å². The molecule has 0 bridgehead atoms. The van der Waals surface area contributed by atoms with Crippen LogP contribution in [0.3, 0.4) is 0 Å². The van der Waals surface area contributed by atoms with Gasteiger partial charge in [0, 0.05) is 18.2 Å². The summed E-state index contributed by atoms with van der Waals surface area (Å²) in [6.07, 6.45) is 4.43. The van der Waals surface area contributed by atoms with Crippen LogP contribution >= 0.6 is 0 Å². The molecule has 2 N–H and O–H groups in total. The Morgan fingerprint density at radius 1 is 0.920 bits per heavy atom. The average molecular weight is 334 g/mol. The van der Waals surface area contributed by atoms with Gasteiger partial charge in [-0.05, 0) is 36.2 Å². The molecule has 3 aromatic rings. The van der Waals surface area contributed by atoms with Gasteiger partial charge in [0.1, 0.15) is 0 Å². The van der Waals surface area contributed by atoms with Crippen molar-refractivity contribution in [2.75, 3.05) is 0 Å². The first-order valence-corrected chi connectivity index (χ1v) is 7.95. The number of rotatable bonds is 5. The summed E-state index contributed by atoms with van der Waals surface area (Å²) in [4.78, 5) is 23.7. The normalized spacial score (nSPS) is 10.2. The standard InChI is InChI=1S/C19H18N4O2/c24-18(21-22-19(25)16-7-3-1-4-8-16)12-11-15-13-20-23(14-15)17-9-5-2-6-10-17/h1-10,13-14H,11-12H2,(H,21,24)(H,22,25). The molecule has 3 rings (SSSR count). The number of nitrogens with zero attached hydrogens (tertiary/aromatic N) is 2. The largest absolute Gasteiger partial charge is 0.273 e. The van der Waals surface area contributed by atoms with E-state index < -0.39 is 0 Å². The molecule has 1 aromatic heterocycles. The molecule has 0 unspecified atom stereocenters. The third kappa shape index (κ3) is 4.54. The van der Waals surface area contributed by atoms with Gasteiger partial charge in [0.05, 0.1) is 11.9 Å². The maximum Gasteiger partial charge on any atom is 0.269 e. The van der Waals surface area contributed by atoms with Crippen LogP contribution in [-0.2, 0) is 11.2 Å². The molecular weight excluding hydrogens is 316 g/mol. The van der Waals surface area contributed by atoms with E-state index >= 15 is 0 Å². The summed E-state index contributed by atoms with van der Waals surface area (Å²) in [5.41, 5.74) is 7.24. The molecule has 0 saturated carbocycles. The third-order valence-corrected chi connectivity index (χ3v) is 3.65. The first-order chi connectivity index (χ1) is 12.2. The van der Waals surface area contributed by atoms with Crippen LogP contribution in [0.25, 0.3) is 5.69 Å². The highest BCUT2D eigenvalue weighted by Gasteiger charge is 2.08. The number of amides is 2. The second kappa shape index (κ2) is 7.92. The number of hydrogen-bond acceptors (Lipinski definition) is 3. The summed E-state index contributed by atoms with van der Waals surface area (Å²) in [6.45, 7) is 0. The predicted octanol–water partition coefficient (Wildman–Crippen LogP) is 2.27. The van der Waals surface area contributed by atoms with Crippen LogP contribution in [0.5, 0.6) is 0 Å². The Labute approximate surface area is 145 Å². The van der Waals surface area contributed by atoms with Crippen molar-refractivity contribution in [3.63, 3.8) is 0 Å². The Kier molecular flexibility index (Phi) is 5.21. The number of nitrogens with one attached hydrogen (secondary N) is 2. The fourth-order valence-corrected chi connectivity index (χ4v) is 2.32. The maximum absolute atomic E-state index is 11.9. The minimum atomic E-state index is -0.342. The maximum atomic E-state index is 11.9. The summed E-state index contributed by atoms with van der Waals surface area (Å²) in [5.74, 6) is -0.595. The van der Waals surface area contributed by atoms with Gasteiger partial charge in [0.15, 0.2) is 0 Å². The molecule has 2 aromatic carbocycles. The number of para-hydroxylation sites is 1. The molecule has 0 aliphatic rings. The highest BCUT2D eigenvalue weighted by Crippen LogP contribution is 2.09. The van der Waals surface area contributed by atoms with E-state index in [0.29, 0.717) is 12.0 Å². The van der Waals surface area contributed by atoms with Crippen LogP contribution in [-0.4, -0.2) is 21.6 Å². The second-order valence-electron chi connectivity index (χ2n) is 5.50. The Morgan fingerprint density at radius 2 is 1.60 bits per heavy atom. The predicted molar refractivity (Wildman–Crippen MR) is 93.9 cm³/mol. The molecule has 0 atom stereocenters. The summed E-state index contributed by atoms with van der Waals surface area (Å²) < 4.78 is 1.77. The lowest BCUT2D eigenvalue weighted by atomic mass is 10.2. The van der Waals surface area contributed by atoms with Crippen molar-refractivity contribution in [2.24, 2.45) is 0 Å². The summed E-state index contributed by atoms with van der Waals surface area (Å²) >= 11 is 0. The smallest absolute Gasteiger partial charge is 0.269 e. The molecule has 6 heteroatoms. The molecule has 0 aliphatic carbocycles. The van der Waals surface area contributed by atoms with Gasteiger partial charge < -0.3 is 0 Å². The molecule has 0 fully saturated rings. The van der Waals surface area contributed by atoms with Crippen LogP contribution in [0, 0.1) is 0 Å². The molecule has 126 valence electrons. The van der Waals surface area contributed by atoms with Gasteiger partial charge in [-0.1, -0.05) is 36.4 Å². The van der Waals surface area contributed by atoms with Crippen molar-refractivity contribution in [1.82, 2.24) is 20.6 Å². The number of aromatic nitrogens is 2. The summed E-state index contributed by atoms with van der Waals surface area (Å²) in [7, 11) is 0.